The van der Waals surface area contributed by atoms with Crippen molar-refractivity contribution in [2.24, 2.45) is 0 Å². The Kier molecular flexibility index (Phi) is 5.71. The van der Waals surface area contributed by atoms with Gasteiger partial charge in [0, 0.05) is 25.1 Å². The lowest BCUT2D eigenvalue weighted by molar-refractivity contribution is -0.0552. The molecule has 0 spiro atoms. The number of hydrogen-bond donors (Lipinski definition) is 2. The normalized spacial score (nSPS) is 30.9. The summed E-state index contributed by atoms with van der Waals surface area (Å²) in [6, 6.07) is 1.17. The molecular formula is C13H25NO3. The molecule has 0 radical (unpaired) electrons. The maximum absolute atomic E-state index is 8.78. The minimum absolute atomic E-state index is 0.0173. The first-order valence-electron chi connectivity index (χ1n) is 6.98. The van der Waals surface area contributed by atoms with Gasteiger partial charge in [-0.3, -0.25) is 0 Å². The van der Waals surface area contributed by atoms with Gasteiger partial charge >= 0.3 is 0 Å². The Hall–Kier alpha value is -0.160. The van der Waals surface area contributed by atoms with Crippen LogP contribution in [0.15, 0.2) is 0 Å². The van der Waals surface area contributed by atoms with Crippen LogP contribution < -0.4 is 5.32 Å². The lowest BCUT2D eigenvalue weighted by Crippen LogP contribution is -2.44. The summed E-state index contributed by atoms with van der Waals surface area (Å²) in [5.74, 6) is 0. The molecule has 2 fully saturated rings. The molecule has 0 aliphatic carbocycles. The lowest BCUT2D eigenvalue weighted by atomic mass is 9.93. The summed E-state index contributed by atoms with van der Waals surface area (Å²) >= 11 is 0. The lowest BCUT2D eigenvalue weighted by Gasteiger charge is -2.32. The summed E-state index contributed by atoms with van der Waals surface area (Å²) in [6.45, 7) is 1.81. The van der Waals surface area contributed by atoms with E-state index in [9.17, 15) is 0 Å². The Morgan fingerprint density at radius 3 is 2.59 bits per heavy atom. The van der Waals surface area contributed by atoms with E-state index in [0.717, 1.165) is 32.5 Å². The maximum Gasteiger partial charge on any atom is 0.159 e. The van der Waals surface area contributed by atoms with E-state index < -0.39 is 0 Å². The predicted octanol–water partition coefficient (Wildman–Crippen LogP) is 1.42. The highest BCUT2D eigenvalue weighted by Gasteiger charge is 2.25. The summed E-state index contributed by atoms with van der Waals surface area (Å²) in [7, 11) is 0. The van der Waals surface area contributed by atoms with Gasteiger partial charge in [-0.15, -0.1) is 0 Å². The molecule has 17 heavy (non-hydrogen) atoms. The van der Waals surface area contributed by atoms with Gasteiger partial charge in [0.1, 0.15) is 0 Å². The van der Waals surface area contributed by atoms with E-state index in [2.05, 4.69) is 5.32 Å². The van der Waals surface area contributed by atoms with Crippen molar-refractivity contribution in [2.45, 2.75) is 63.3 Å². The van der Waals surface area contributed by atoms with Crippen molar-refractivity contribution in [3.63, 3.8) is 0 Å². The largest absolute Gasteiger partial charge is 0.396 e. The quantitative estimate of drug-likeness (QED) is 0.693. The van der Waals surface area contributed by atoms with E-state index >= 15 is 0 Å². The SMILES string of the molecule is OCCCC[C@@H]1CCC[C@@H](CC2OCCO2)N1. The number of aliphatic hydroxyl groups is 1. The molecule has 4 nitrogen and oxygen atoms in total. The molecule has 2 saturated heterocycles. The molecule has 0 bridgehead atoms. The van der Waals surface area contributed by atoms with Crippen LogP contribution in [0.3, 0.4) is 0 Å². The topological polar surface area (TPSA) is 50.7 Å². The minimum Gasteiger partial charge on any atom is -0.396 e. The van der Waals surface area contributed by atoms with E-state index in [1.54, 1.807) is 0 Å². The van der Waals surface area contributed by atoms with Gasteiger partial charge in [-0.2, -0.15) is 0 Å². The van der Waals surface area contributed by atoms with Crippen molar-refractivity contribution in [2.75, 3.05) is 19.8 Å². The van der Waals surface area contributed by atoms with Gasteiger partial charge in [0.2, 0.25) is 0 Å². The third kappa shape index (κ3) is 4.54. The third-order valence-corrected chi connectivity index (χ3v) is 3.71. The van der Waals surface area contributed by atoms with Crippen LogP contribution in [-0.2, 0) is 9.47 Å². The number of nitrogens with one attached hydrogen (secondary N) is 1. The smallest absolute Gasteiger partial charge is 0.159 e. The van der Waals surface area contributed by atoms with Crippen LogP contribution in [0.1, 0.15) is 44.9 Å². The van der Waals surface area contributed by atoms with E-state index in [4.69, 9.17) is 14.6 Å². The standard InChI is InChI=1S/C13H25NO3/c15-7-2-1-4-11-5-3-6-12(14-11)10-13-16-8-9-17-13/h11-15H,1-10H2/t11-,12+/m1/s1. The number of piperidine rings is 1. The van der Waals surface area contributed by atoms with Gasteiger partial charge in [-0.05, 0) is 32.1 Å². The Morgan fingerprint density at radius 1 is 1.06 bits per heavy atom. The average Bonchev–Trinajstić information content (AvgIpc) is 2.83. The molecule has 4 heteroatoms. The highest BCUT2D eigenvalue weighted by Crippen LogP contribution is 2.21. The molecule has 2 N–H and O–H groups in total. The van der Waals surface area contributed by atoms with Gasteiger partial charge in [0.15, 0.2) is 6.29 Å². The molecule has 2 rings (SSSR count). The van der Waals surface area contributed by atoms with Crippen LogP contribution in [0.4, 0.5) is 0 Å². The highest BCUT2D eigenvalue weighted by atomic mass is 16.7. The van der Waals surface area contributed by atoms with E-state index in [1.807, 2.05) is 0 Å². The Bertz CT molecular complexity index is 207. The second-order valence-corrected chi connectivity index (χ2v) is 5.12. The summed E-state index contributed by atoms with van der Waals surface area (Å²) in [4.78, 5) is 0. The molecule has 2 atom stereocenters. The number of aliphatic hydroxyl groups excluding tert-OH is 1. The molecule has 0 aromatic rings. The Morgan fingerprint density at radius 2 is 1.82 bits per heavy atom. The third-order valence-electron chi connectivity index (χ3n) is 3.71. The van der Waals surface area contributed by atoms with E-state index in [-0.39, 0.29) is 6.29 Å². The zero-order chi connectivity index (χ0) is 11.9. The van der Waals surface area contributed by atoms with Crippen molar-refractivity contribution in [1.82, 2.24) is 5.32 Å². The van der Waals surface area contributed by atoms with Gasteiger partial charge in [-0.1, -0.05) is 6.42 Å². The second kappa shape index (κ2) is 7.31. The number of ether oxygens (including phenoxy) is 2. The summed E-state index contributed by atoms with van der Waals surface area (Å²) < 4.78 is 11.0. The molecule has 2 heterocycles. The molecule has 0 unspecified atom stereocenters. The molecule has 2 aliphatic rings. The van der Waals surface area contributed by atoms with E-state index in [0.29, 0.717) is 18.7 Å². The summed E-state index contributed by atoms with van der Waals surface area (Å²) in [5.41, 5.74) is 0. The van der Waals surface area contributed by atoms with E-state index in [1.165, 1.54) is 25.7 Å². The molecule has 0 saturated carbocycles. The molecule has 0 aromatic carbocycles. The van der Waals surface area contributed by atoms with Crippen molar-refractivity contribution in [3.8, 4) is 0 Å². The predicted molar refractivity (Wildman–Crippen MR) is 65.8 cm³/mol. The van der Waals surface area contributed by atoms with Crippen molar-refractivity contribution >= 4 is 0 Å². The van der Waals surface area contributed by atoms with Crippen LogP contribution in [0.2, 0.25) is 0 Å². The maximum atomic E-state index is 8.78. The molecule has 100 valence electrons. The van der Waals surface area contributed by atoms with Crippen LogP contribution in [0, 0.1) is 0 Å². The molecular weight excluding hydrogens is 218 g/mol. The first-order valence-corrected chi connectivity index (χ1v) is 6.98. The fourth-order valence-corrected chi connectivity index (χ4v) is 2.80. The Labute approximate surface area is 104 Å². The number of rotatable bonds is 6. The van der Waals surface area contributed by atoms with Crippen LogP contribution in [0.25, 0.3) is 0 Å². The average molecular weight is 243 g/mol. The zero-order valence-corrected chi connectivity index (χ0v) is 10.6. The fourth-order valence-electron chi connectivity index (χ4n) is 2.80. The van der Waals surface area contributed by atoms with Crippen LogP contribution in [0.5, 0.6) is 0 Å². The number of hydrogen-bond acceptors (Lipinski definition) is 4. The highest BCUT2D eigenvalue weighted by molar-refractivity contribution is 4.81. The molecule has 0 amide bonds. The van der Waals surface area contributed by atoms with Crippen LogP contribution >= 0.6 is 0 Å². The summed E-state index contributed by atoms with van der Waals surface area (Å²) in [6.07, 6.45) is 8.04. The van der Waals surface area contributed by atoms with Gasteiger partial charge in [0.25, 0.3) is 0 Å². The first kappa shape index (κ1) is 13.3. The van der Waals surface area contributed by atoms with Crippen LogP contribution in [-0.4, -0.2) is 43.3 Å². The first-order chi connectivity index (χ1) is 8.38. The van der Waals surface area contributed by atoms with Crippen molar-refractivity contribution in [1.29, 1.82) is 0 Å². The minimum atomic E-state index is 0.0173. The monoisotopic (exact) mass is 243 g/mol. The second-order valence-electron chi connectivity index (χ2n) is 5.12. The van der Waals surface area contributed by atoms with Gasteiger partial charge in [-0.25, -0.2) is 0 Å². The van der Waals surface area contributed by atoms with Gasteiger partial charge < -0.3 is 19.9 Å². The summed E-state index contributed by atoms with van der Waals surface area (Å²) in [5, 5.41) is 12.5. The molecule has 0 aromatic heterocycles. The zero-order valence-electron chi connectivity index (χ0n) is 10.6. The van der Waals surface area contributed by atoms with Crippen molar-refractivity contribution in [3.05, 3.63) is 0 Å². The fraction of sp³-hybridized carbons (Fsp3) is 1.00. The Balaban J connectivity index is 1.65. The molecule has 2 aliphatic heterocycles. The van der Waals surface area contributed by atoms with Crippen molar-refractivity contribution < 1.29 is 14.6 Å². The van der Waals surface area contributed by atoms with Gasteiger partial charge in [0.05, 0.1) is 13.2 Å². The number of unbranched alkanes of at least 4 members (excludes halogenated alkanes) is 1.